The van der Waals surface area contributed by atoms with Gasteiger partial charge in [0.25, 0.3) is 5.56 Å². The number of fused-ring (bicyclic) bond motifs is 1. The van der Waals surface area contributed by atoms with E-state index in [1.807, 2.05) is 41.1 Å². The summed E-state index contributed by atoms with van der Waals surface area (Å²) in [6.45, 7) is 5.99. The van der Waals surface area contributed by atoms with Crippen molar-refractivity contribution >= 4 is 22.2 Å². The number of pyridine rings is 1. The number of hydrogen-bond acceptors (Lipinski definition) is 7. The van der Waals surface area contributed by atoms with Crippen molar-refractivity contribution in [3.05, 3.63) is 104 Å². The number of tetrazole rings is 1. The third-order valence-electron chi connectivity index (χ3n) is 6.88. The van der Waals surface area contributed by atoms with E-state index in [1.165, 1.54) is 10.4 Å². The van der Waals surface area contributed by atoms with Crippen molar-refractivity contribution < 1.29 is 4.74 Å². The Morgan fingerprint density at radius 1 is 1.05 bits per heavy atom. The van der Waals surface area contributed by atoms with Gasteiger partial charge >= 0.3 is 0 Å². The van der Waals surface area contributed by atoms with Crippen LogP contribution in [0.25, 0.3) is 10.9 Å². The number of aromatic nitrogens is 5. The van der Waals surface area contributed by atoms with E-state index >= 15 is 0 Å². The van der Waals surface area contributed by atoms with Crippen molar-refractivity contribution in [3.63, 3.8) is 0 Å². The van der Waals surface area contributed by atoms with Crippen LogP contribution in [-0.2, 0) is 26.1 Å². The van der Waals surface area contributed by atoms with Crippen LogP contribution >= 0.6 is 11.3 Å². The Bertz CT molecular complexity index is 1540. The minimum absolute atomic E-state index is 0.0643. The maximum Gasteiger partial charge on any atom is 0.252 e. The number of hydrogen-bond donors (Lipinski definition) is 1. The van der Waals surface area contributed by atoms with Gasteiger partial charge in [0.05, 0.1) is 19.7 Å². The van der Waals surface area contributed by atoms with Gasteiger partial charge in [-0.3, -0.25) is 9.69 Å². The molecule has 0 fully saturated rings. The van der Waals surface area contributed by atoms with Crippen LogP contribution in [0.15, 0.2) is 70.8 Å². The molecule has 0 aliphatic rings. The van der Waals surface area contributed by atoms with Crippen LogP contribution in [0.3, 0.4) is 0 Å². The maximum absolute atomic E-state index is 13.1. The second kappa shape index (κ2) is 11.7. The first-order valence-electron chi connectivity index (χ1n) is 12.9. The van der Waals surface area contributed by atoms with Gasteiger partial charge in [0.15, 0.2) is 5.82 Å². The average Bonchev–Trinajstić information content (AvgIpc) is 3.62. The highest BCUT2D eigenvalue weighted by Crippen LogP contribution is 2.28. The molecule has 0 aliphatic carbocycles. The molecular weight excluding hydrogens is 496 g/mol. The van der Waals surface area contributed by atoms with Crippen LogP contribution in [-0.4, -0.2) is 37.2 Å². The number of methoxy groups -OCH3 is 1. The van der Waals surface area contributed by atoms with E-state index in [1.54, 1.807) is 18.4 Å². The number of ether oxygens (including phenoxy) is 1. The second-order valence-electron chi connectivity index (χ2n) is 9.35. The third-order valence-corrected chi connectivity index (χ3v) is 7.74. The fraction of sp³-hybridized carbons (Fsp3) is 0.310. The van der Waals surface area contributed by atoms with Gasteiger partial charge in [0.2, 0.25) is 0 Å². The molecule has 0 saturated heterocycles. The number of H-pyrrole nitrogens is 1. The first-order chi connectivity index (χ1) is 18.6. The minimum Gasteiger partial charge on any atom is -0.497 e. The summed E-state index contributed by atoms with van der Waals surface area (Å²) < 4.78 is 7.15. The molecule has 0 spiro atoms. The molecule has 1 atom stereocenters. The van der Waals surface area contributed by atoms with E-state index in [2.05, 4.69) is 68.9 Å². The van der Waals surface area contributed by atoms with Crippen LogP contribution in [0.4, 0.5) is 0 Å². The number of benzene rings is 2. The molecule has 0 bridgehead atoms. The molecule has 3 aromatic heterocycles. The molecule has 1 N–H and O–H groups in total. The van der Waals surface area contributed by atoms with Gasteiger partial charge in [-0.25, -0.2) is 4.68 Å². The minimum atomic E-state index is -0.0811. The molecule has 0 radical (unpaired) electrons. The zero-order valence-corrected chi connectivity index (χ0v) is 22.7. The fourth-order valence-electron chi connectivity index (χ4n) is 4.81. The van der Waals surface area contributed by atoms with Crippen molar-refractivity contribution in [1.82, 2.24) is 30.1 Å². The normalized spacial score (nSPS) is 12.3. The summed E-state index contributed by atoms with van der Waals surface area (Å²) >= 11 is 1.71. The van der Waals surface area contributed by atoms with Crippen LogP contribution < -0.4 is 10.3 Å². The van der Waals surface area contributed by atoms with E-state index in [0.29, 0.717) is 19.6 Å². The van der Waals surface area contributed by atoms with Crippen LogP contribution in [0.5, 0.6) is 5.75 Å². The van der Waals surface area contributed by atoms with Gasteiger partial charge in [0, 0.05) is 29.0 Å². The third kappa shape index (κ3) is 5.69. The van der Waals surface area contributed by atoms with E-state index in [-0.39, 0.29) is 11.6 Å². The topological polar surface area (TPSA) is 88.9 Å². The smallest absolute Gasteiger partial charge is 0.252 e. The Morgan fingerprint density at radius 3 is 2.58 bits per heavy atom. The van der Waals surface area contributed by atoms with E-state index in [9.17, 15) is 4.79 Å². The molecule has 2 aromatic carbocycles. The molecule has 0 aliphatic heterocycles. The highest BCUT2D eigenvalue weighted by Gasteiger charge is 2.26. The van der Waals surface area contributed by atoms with Crippen molar-refractivity contribution in [1.29, 1.82) is 0 Å². The van der Waals surface area contributed by atoms with Crippen LogP contribution in [0, 0.1) is 0 Å². The first-order valence-corrected chi connectivity index (χ1v) is 13.8. The standard InChI is InChI=1S/C29H32N6O2S/c1-4-20-10-13-26-22(15-20)16-23(29(36)30-26)18-34(19-25-7-6-14-38-25)27(5-2)28-31-32-33-35(28)17-21-8-11-24(37-3)12-9-21/h6-16,27H,4-5,17-19H2,1-3H3,(H,30,36). The summed E-state index contributed by atoms with van der Waals surface area (Å²) in [6, 6.07) is 20.3. The van der Waals surface area contributed by atoms with Gasteiger partial charge < -0.3 is 9.72 Å². The zero-order chi connectivity index (χ0) is 26.5. The summed E-state index contributed by atoms with van der Waals surface area (Å²) in [4.78, 5) is 19.8. The lowest BCUT2D eigenvalue weighted by molar-refractivity contribution is 0.163. The number of nitrogens with zero attached hydrogens (tertiary/aromatic N) is 5. The van der Waals surface area contributed by atoms with Crippen molar-refractivity contribution in [2.75, 3.05) is 7.11 Å². The quantitative estimate of drug-likeness (QED) is 0.249. The number of rotatable bonds is 11. The predicted octanol–water partition coefficient (Wildman–Crippen LogP) is 5.35. The summed E-state index contributed by atoms with van der Waals surface area (Å²) in [5.41, 5.74) is 3.85. The second-order valence-corrected chi connectivity index (χ2v) is 10.4. The molecule has 0 saturated carbocycles. The van der Waals surface area contributed by atoms with Gasteiger partial charge in [-0.15, -0.1) is 16.4 Å². The van der Waals surface area contributed by atoms with E-state index in [4.69, 9.17) is 4.74 Å². The summed E-state index contributed by atoms with van der Waals surface area (Å²) in [5.74, 6) is 1.59. The maximum atomic E-state index is 13.1. The van der Waals surface area contributed by atoms with Gasteiger partial charge in [0.1, 0.15) is 5.75 Å². The average molecular weight is 529 g/mol. The van der Waals surface area contributed by atoms with Crippen LogP contribution in [0.1, 0.15) is 53.7 Å². The molecule has 3 heterocycles. The Kier molecular flexibility index (Phi) is 7.95. The van der Waals surface area contributed by atoms with Gasteiger partial charge in [-0.05, 0) is 81.6 Å². The lowest BCUT2D eigenvalue weighted by Crippen LogP contribution is -2.32. The Balaban J connectivity index is 1.48. The van der Waals surface area contributed by atoms with Gasteiger partial charge in [-0.1, -0.05) is 38.1 Å². The fourth-order valence-corrected chi connectivity index (χ4v) is 5.54. The number of aryl methyl sites for hydroxylation is 1. The highest BCUT2D eigenvalue weighted by atomic mass is 32.1. The molecule has 0 amide bonds. The Labute approximate surface area is 225 Å². The SMILES string of the molecule is CCc1ccc2[nH]c(=O)c(CN(Cc3cccs3)C(CC)c3nnnn3Cc3ccc(OC)cc3)cc2c1. The first kappa shape index (κ1) is 25.8. The highest BCUT2D eigenvalue weighted by molar-refractivity contribution is 7.09. The molecular formula is C29H32N6O2S. The van der Waals surface area contributed by atoms with Crippen molar-refractivity contribution in [3.8, 4) is 5.75 Å². The number of thiophene rings is 1. The van der Waals surface area contributed by atoms with Gasteiger partial charge in [-0.2, -0.15) is 0 Å². The number of aromatic amines is 1. The molecule has 196 valence electrons. The zero-order valence-electron chi connectivity index (χ0n) is 21.9. The molecule has 5 rings (SSSR count). The monoisotopic (exact) mass is 528 g/mol. The van der Waals surface area contributed by atoms with E-state index < -0.39 is 0 Å². The largest absolute Gasteiger partial charge is 0.497 e. The lowest BCUT2D eigenvalue weighted by atomic mass is 10.1. The van der Waals surface area contributed by atoms with Crippen LogP contribution in [0.2, 0.25) is 0 Å². The Hall–Kier alpha value is -3.82. The Morgan fingerprint density at radius 2 is 1.87 bits per heavy atom. The summed E-state index contributed by atoms with van der Waals surface area (Å²) in [6.07, 6.45) is 1.74. The predicted molar refractivity (Wildman–Crippen MR) is 150 cm³/mol. The summed E-state index contributed by atoms with van der Waals surface area (Å²) in [7, 11) is 1.66. The number of nitrogens with one attached hydrogen (secondary N) is 1. The molecule has 38 heavy (non-hydrogen) atoms. The van der Waals surface area contributed by atoms with E-state index in [0.717, 1.165) is 46.4 Å². The lowest BCUT2D eigenvalue weighted by Gasteiger charge is -2.30. The van der Waals surface area contributed by atoms with Crippen molar-refractivity contribution in [2.24, 2.45) is 0 Å². The molecule has 9 heteroatoms. The molecule has 8 nitrogen and oxygen atoms in total. The molecule has 5 aromatic rings. The molecule has 1 unspecified atom stereocenters. The summed E-state index contributed by atoms with van der Waals surface area (Å²) in [5, 5.41) is 15.9. The van der Waals surface area contributed by atoms with Crippen molar-refractivity contribution in [2.45, 2.75) is 52.4 Å².